The number of fused-ring (bicyclic) bond motifs is 1. The van der Waals surface area contributed by atoms with Crippen molar-refractivity contribution in [2.45, 2.75) is 19.4 Å². The van der Waals surface area contributed by atoms with Gasteiger partial charge in [0.25, 0.3) is 5.91 Å². The van der Waals surface area contributed by atoms with Crippen molar-refractivity contribution in [2.75, 3.05) is 43.1 Å². The van der Waals surface area contributed by atoms with Crippen LogP contribution in [0.5, 0.6) is 5.88 Å². The molecule has 27 heavy (non-hydrogen) atoms. The molecular weight excluding hydrogens is 342 g/mol. The van der Waals surface area contributed by atoms with Gasteiger partial charge >= 0.3 is 0 Å². The summed E-state index contributed by atoms with van der Waals surface area (Å²) in [6.45, 7) is 8.29. The Morgan fingerprint density at radius 2 is 1.89 bits per heavy atom. The minimum Gasteiger partial charge on any atom is -0.481 e. The Bertz CT molecular complexity index is 930. The van der Waals surface area contributed by atoms with Crippen molar-refractivity contribution in [1.82, 2.24) is 15.3 Å². The van der Waals surface area contributed by atoms with Gasteiger partial charge in [0.1, 0.15) is 0 Å². The van der Waals surface area contributed by atoms with Crippen LogP contribution in [0, 0.1) is 5.41 Å². The monoisotopic (exact) mass is 365 g/mol. The fourth-order valence-electron chi connectivity index (χ4n) is 4.47. The number of carbonyl (C=O) groups is 1. The number of rotatable bonds is 3. The molecule has 2 aromatic heterocycles. The number of hydrogen-bond acceptors (Lipinski definition) is 6. The molecule has 1 amide bonds. The predicted octanol–water partition coefficient (Wildman–Crippen LogP) is 1.79. The molecule has 0 aromatic carbocycles. The van der Waals surface area contributed by atoms with E-state index < -0.39 is 5.54 Å². The summed E-state index contributed by atoms with van der Waals surface area (Å²) in [5.74, 6) is 0.468. The molecule has 0 atom stereocenters. The van der Waals surface area contributed by atoms with Crippen molar-refractivity contribution in [3.05, 3.63) is 41.9 Å². The normalized spacial score (nSPS) is 21.7. The van der Waals surface area contributed by atoms with Crippen LogP contribution < -0.4 is 19.9 Å². The van der Waals surface area contributed by atoms with Crippen molar-refractivity contribution >= 4 is 17.3 Å². The zero-order valence-corrected chi connectivity index (χ0v) is 15.8. The molecule has 1 N–H and O–H groups in total. The summed E-state index contributed by atoms with van der Waals surface area (Å²) in [7, 11) is 1.58. The van der Waals surface area contributed by atoms with Crippen molar-refractivity contribution in [1.29, 1.82) is 0 Å². The third-order valence-corrected chi connectivity index (χ3v) is 6.04. The fourth-order valence-corrected chi connectivity index (χ4v) is 4.47. The van der Waals surface area contributed by atoms with Crippen LogP contribution in [0.25, 0.3) is 0 Å². The topological polar surface area (TPSA) is 70.6 Å². The van der Waals surface area contributed by atoms with Crippen LogP contribution in [0.1, 0.15) is 29.9 Å². The van der Waals surface area contributed by atoms with Crippen molar-refractivity contribution < 1.29 is 9.53 Å². The maximum absolute atomic E-state index is 13.1. The Balaban J connectivity index is 1.48. The van der Waals surface area contributed by atoms with Gasteiger partial charge in [-0.05, 0) is 26.0 Å². The number of hydrogen-bond donors (Lipinski definition) is 1. The molecule has 0 saturated carbocycles. The predicted molar refractivity (Wildman–Crippen MR) is 102 cm³/mol. The van der Waals surface area contributed by atoms with Crippen LogP contribution in [0.15, 0.2) is 30.6 Å². The lowest BCUT2D eigenvalue weighted by Crippen LogP contribution is -2.71. The van der Waals surface area contributed by atoms with Crippen LogP contribution in [0.2, 0.25) is 0 Å². The first-order valence-electron chi connectivity index (χ1n) is 9.24. The van der Waals surface area contributed by atoms with Crippen LogP contribution in [-0.4, -0.2) is 49.2 Å². The molecule has 0 unspecified atom stereocenters. The Morgan fingerprint density at radius 1 is 1.15 bits per heavy atom. The maximum Gasteiger partial charge on any atom is 0.261 e. The number of nitrogens with one attached hydrogen (secondary N) is 1. The van der Waals surface area contributed by atoms with Crippen LogP contribution >= 0.6 is 0 Å². The summed E-state index contributed by atoms with van der Waals surface area (Å²) in [5.41, 5.74) is 3.09. The molecule has 3 aliphatic rings. The quantitative estimate of drug-likeness (QED) is 0.894. The first kappa shape index (κ1) is 16.5. The zero-order valence-electron chi connectivity index (χ0n) is 15.8. The number of nitrogens with zero attached hydrogens (tertiary/aromatic N) is 4. The van der Waals surface area contributed by atoms with E-state index in [2.05, 4.69) is 26.3 Å². The average Bonchev–Trinajstić information content (AvgIpc) is 2.78. The van der Waals surface area contributed by atoms with E-state index in [0.717, 1.165) is 43.2 Å². The highest BCUT2D eigenvalue weighted by Crippen LogP contribution is 2.43. The molecule has 7 nitrogen and oxygen atoms in total. The van der Waals surface area contributed by atoms with Gasteiger partial charge in [-0.2, -0.15) is 0 Å². The zero-order chi connectivity index (χ0) is 18.8. The van der Waals surface area contributed by atoms with Gasteiger partial charge in [-0.3, -0.25) is 14.7 Å². The second-order valence-corrected chi connectivity index (χ2v) is 8.31. The fraction of sp³-hybridized carbons (Fsp3) is 0.450. The highest BCUT2D eigenvalue weighted by molar-refractivity contribution is 6.11. The molecule has 140 valence electrons. The van der Waals surface area contributed by atoms with Gasteiger partial charge in [0.15, 0.2) is 0 Å². The Labute approximate surface area is 158 Å². The van der Waals surface area contributed by atoms with Crippen molar-refractivity contribution in [3.63, 3.8) is 0 Å². The third-order valence-electron chi connectivity index (χ3n) is 6.04. The first-order chi connectivity index (χ1) is 12.9. The molecule has 5 heterocycles. The molecule has 0 bridgehead atoms. The lowest BCUT2D eigenvalue weighted by molar-refractivity contribution is 0.0982. The molecule has 5 rings (SSSR count). The maximum atomic E-state index is 13.1. The second kappa shape index (κ2) is 5.42. The van der Waals surface area contributed by atoms with Gasteiger partial charge in [0.05, 0.1) is 47.7 Å². The SMILES string of the molecule is COc1ccc2c(n1)C(C)(C)N(c1cncc(N3CC4(CNC4)C3)c1)C2=O. The minimum atomic E-state index is -0.574. The van der Waals surface area contributed by atoms with E-state index in [9.17, 15) is 4.79 Å². The molecule has 2 aromatic rings. The number of aromatic nitrogens is 2. The van der Waals surface area contributed by atoms with E-state index in [1.54, 1.807) is 30.3 Å². The standard InChI is InChI=1S/C20H23N5O2/c1-19(2)17-15(4-5-16(23-17)27-3)18(26)25(19)14-6-13(7-21-8-14)24-11-20(12-24)9-22-10-20/h4-8,22H,9-12H2,1-3H3. The molecule has 2 saturated heterocycles. The Hall–Kier alpha value is -2.67. The molecule has 0 radical (unpaired) electrons. The summed E-state index contributed by atoms with van der Waals surface area (Å²) in [6, 6.07) is 5.59. The highest BCUT2D eigenvalue weighted by Gasteiger charge is 2.48. The van der Waals surface area contributed by atoms with E-state index in [0.29, 0.717) is 16.9 Å². The minimum absolute atomic E-state index is 0.0487. The van der Waals surface area contributed by atoms with E-state index in [-0.39, 0.29) is 5.91 Å². The smallest absolute Gasteiger partial charge is 0.261 e. The number of amides is 1. The van der Waals surface area contributed by atoms with Gasteiger partial charge in [-0.15, -0.1) is 0 Å². The molecule has 2 fully saturated rings. The summed E-state index contributed by atoms with van der Waals surface area (Å²) in [4.78, 5) is 26.2. The van der Waals surface area contributed by atoms with E-state index in [4.69, 9.17) is 4.74 Å². The second-order valence-electron chi connectivity index (χ2n) is 8.31. The summed E-state index contributed by atoms with van der Waals surface area (Å²) in [6.07, 6.45) is 3.64. The number of methoxy groups -OCH3 is 1. The van der Waals surface area contributed by atoms with Crippen LogP contribution in [0.3, 0.4) is 0 Å². The molecule has 3 aliphatic heterocycles. The van der Waals surface area contributed by atoms with Gasteiger partial charge in [0.2, 0.25) is 5.88 Å². The van der Waals surface area contributed by atoms with Crippen LogP contribution in [-0.2, 0) is 5.54 Å². The average molecular weight is 365 g/mol. The number of ether oxygens (including phenoxy) is 1. The van der Waals surface area contributed by atoms with Gasteiger partial charge in [-0.25, -0.2) is 4.98 Å². The van der Waals surface area contributed by atoms with Crippen LogP contribution in [0.4, 0.5) is 11.4 Å². The molecule has 0 aliphatic carbocycles. The first-order valence-corrected chi connectivity index (χ1v) is 9.24. The largest absolute Gasteiger partial charge is 0.481 e. The van der Waals surface area contributed by atoms with E-state index >= 15 is 0 Å². The van der Waals surface area contributed by atoms with E-state index in [1.165, 1.54) is 0 Å². The molecule has 1 spiro atoms. The number of carbonyl (C=O) groups excluding carboxylic acids is 1. The highest BCUT2D eigenvalue weighted by atomic mass is 16.5. The lowest BCUT2D eigenvalue weighted by atomic mass is 9.74. The van der Waals surface area contributed by atoms with Gasteiger partial charge in [-0.1, -0.05) is 0 Å². The van der Waals surface area contributed by atoms with E-state index in [1.807, 2.05) is 20.0 Å². The lowest BCUT2D eigenvalue weighted by Gasteiger charge is -2.57. The summed E-state index contributed by atoms with van der Waals surface area (Å²) < 4.78 is 5.25. The summed E-state index contributed by atoms with van der Waals surface area (Å²) in [5, 5.41) is 3.36. The number of pyridine rings is 2. The molecular formula is C20H23N5O2. The van der Waals surface area contributed by atoms with Crippen molar-refractivity contribution in [3.8, 4) is 5.88 Å². The molecule has 7 heteroatoms. The van der Waals surface area contributed by atoms with Gasteiger partial charge in [0, 0.05) is 37.7 Å². The Morgan fingerprint density at radius 3 is 2.56 bits per heavy atom. The van der Waals surface area contributed by atoms with Gasteiger partial charge < -0.3 is 15.0 Å². The third kappa shape index (κ3) is 2.27. The summed E-state index contributed by atoms with van der Waals surface area (Å²) >= 11 is 0. The number of anilines is 2. The Kier molecular flexibility index (Phi) is 3.31. The van der Waals surface area contributed by atoms with Crippen molar-refractivity contribution in [2.24, 2.45) is 5.41 Å².